The fraction of sp³-hybridized carbons (Fsp3) is 0.611. The Labute approximate surface area is 133 Å². The van der Waals surface area contributed by atoms with Crippen LogP contribution >= 0.6 is 0 Å². The van der Waals surface area contributed by atoms with Gasteiger partial charge in [0.25, 0.3) is 5.91 Å². The van der Waals surface area contributed by atoms with Crippen LogP contribution in [-0.2, 0) is 9.53 Å². The van der Waals surface area contributed by atoms with Crippen molar-refractivity contribution in [3.63, 3.8) is 0 Å². The molecule has 1 N–H and O–H groups in total. The molecule has 0 atom stereocenters. The molecule has 0 bridgehead atoms. The van der Waals surface area contributed by atoms with Gasteiger partial charge in [-0.3, -0.25) is 4.79 Å². The van der Waals surface area contributed by atoms with Gasteiger partial charge in [0, 0.05) is 12.3 Å². The van der Waals surface area contributed by atoms with E-state index >= 15 is 0 Å². The summed E-state index contributed by atoms with van der Waals surface area (Å²) in [5.41, 5.74) is 0.142. The molecule has 0 heterocycles. The first-order valence-corrected chi connectivity index (χ1v) is 8.38. The number of hydrogen-bond acceptors (Lipinski definition) is 3. The molecule has 1 aliphatic carbocycles. The zero-order valence-corrected chi connectivity index (χ0v) is 13.7. The first kappa shape index (κ1) is 16.8. The summed E-state index contributed by atoms with van der Waals surface area (Å²) in [5.74, 6) is 0.813. The number of amides is 1. The molecular formula is C18H27NO3. The van der Waals surface area contributed by atoms with Gasteiger partial charge in [-0.05, 0) is 50.5 Å². The molecule has 0 aromatic heterocycles. The molecule has 2 rings (SSSR count). The summed E-state index contributed by atoms with van der Waals surface area (Å²) >= 11 is 0. The van der Waals surface area contributed by atoms with E-state index in [1.54, 1.807) is 0 Å². The van der Waals surface area contributed by atoms with Gasteiger partial charge in [-0.25, -0.2) is 0 Å². The molecule has 0 spiro atoms. The first-order valence-electron chi connectivity index (χ1n) is 8.38. The van der Waals surface area contributed by atoms with E-state index in [0.717, 1.165) is 43.5 Å². The van der Waals surface area contributed by atoms with Gasteiger partial charge in [0.1, 0.15) is 11.4 Å². The van der Waals surface area contributed by atoms with Crippen molar-refractivity contribution in [3.05, 3.63) is 24.3 Å². The number of anilines is 1. The van der Waals surface area contributed by atoms with Gasteiger partial charge >= 0.3 is 0 Å². The van der Waals surface area contributed by atoms with Crippen LogP contribution in [0.1, 0.15) is 52.4 Å². The highest BCUT2D eigenvalue weighted by Gasteiger charge is 2.40. The third-order valence-electron chi connectivity index (χ3n) is 4.08. The average molecular weight is 305 g/mol. The zero-order chi connectivity index (χ0) is 15.8. The Bertz CT molecular complexity index is 458. The van der Waals surface area contributed by atoms with Gasteiger partial charge in [0.05, 0.1) is 6.61 Å². The molecule has 1 fully saturated rings. The van der Waals surface area contributed by atoms with E-state index in [-0.39, 0.29) is 5.91 Å². The molecule has 0 saturated heterocycles. The van der Waals surface area contributed by atoms with Crippen molar-refractivity contribution in [3.8, 4) is 5.75 Å². The van der Waals surface area contributed by atoms with Crippen LogP contribution in [0.5, 0.6) is 5.75 Å². The van der Waals surface area contributed by atoms with Crippen LogP contribution in [0.25, 0.3) is 0 Å². The van der Waals surface area contributed by atoms with E-state index in [9.17, 15) is 4.79 Å². The van der Waals surface area contributed by atoms with Crippen LogP contribution in [0.2, 0.25) is 0 Å². The Morgan fingerprint density at radius 2 is 1.82 bits per heavy atom. The standard InChI is InChI=1S/C18H27NO3/c1-3-14-21-16-10-8-15(9-11-16)19-17(20)18(22-4-2)12-6-5-7-13-18/h8-11H,3-7,12-14H2,1-2H3,(H,19,20). The summed E-state index contributed by atoms with van der Waals surface area (Å²) in [6, 6.07) is 7.54. The number of carbonyl (C=O) groups is 1. The molecule has 1 aromatic carbocycles. The van der Waals surface area contributed by atoms with E-state index < -0.39 is 5.60 Å². The molecular weight excluding hydrogens is 278 g/mol. The molecule has 0 radical (unpaired) electrons. The van der Waals surface area contributed by atoms with E-state index in [0.29, 0.717) is 13.2 Å². The topological polar surface area (TPSA) is 47.6 Å². The fourth-order valence-corrected chi connectivity index (χ4v) is 2.94. The van der Waals surface area contributed by atoms with E-state index in [2.05, 4.69) is 12.2 Å². The average Bonchev–Trinajstić information content (AvgIpc) is 2.55. The van der Waals surface area contributed by atoms with Gasteiger partial charge in [-0.15, -0.1) is 0 Å². The lowest BCUT2D eigenvalue weighted by atomic mass is 9.83. The molecule has 22 heavy (non-hydrogen) atoms. The molecule has 1 amide bonds. The third-order valence-corrected chi connectivity index (χ3v) is 4.08. The number of benzene rings is 1. The second kappa shape index (κ2) is 8.18. The van der Waals surface area contributed by atoms with Gasteiger partial charge in [-0.1, -0.05) is 26.2 Å². The Hall–Kier alpha value is -1.55. The maximum Gasteiger partial charge on any atom is 0.256 e. The van der Waals surface area contributed by atoms with E-state index in [1.807, 2.05) is 31.2 Å². The number of carbonyl (C=O) groups excluding carboxylic acids is 1. The fourth-order valence-electron chi connectivity index (χ4n) is 2.94. The minimum atomic E-state index is -0.648. The largest absolute Gasteiger partial charge is 0.494 e. The maximum absolute atomic E-state index is 12.7. The Morgan fingerprint density at radius 3 is 2.41 bits per heavy atom. The number of rotatable bonds is 7. The third kappa shape index (κ3) is 4.23. The van der Waals surface area contributed by atoms with Crippen LogP contribution in [0.15, 0.2) is 24.3 Å². The van der Waals surface area contributed by atoms with Crippen LogP contribution in [0.4, 0.5) is 5.69 Å². The summed E-state index contributed by atoms with van der Waals surface area (Å²) in [6.45, 7) is 5.30. The van der Waals surface area contributed by atoms with Crippen LogP contribution in [0.3, 0.4) is 0 Å². The summed E-state index contributed by atoms with van der Waals surface area (Å²) in [4.78, 5) is 12.7. The predicted molar refractivity (Wildman–Crippen MR) is 88.3 cm³/mol. The molecule has 0 unspecified atom stereocenters. The van der Waals surface area contributed by atoms with Crippen molar-refractivity contribution in [1.29, 1.82) is 0 Å². The molecule has 4 nitrogen and oxygen atoms in total. The number of nitrogens with one attached hydrogen (secondary N) is 1. The van der Waals surface area contributed by atoms with Crippen molar-refractivity contribution >= 4 is 11.6 Å². The van der Waals surface area contributed by atoms with Crippen LogP contribution in [-0.4, -0.2) is 24.7 Å². The van der Waals surface area contributed by atoms with Gasteiger partial charge < -0.3 is 14.8 Å². The van der Waals surface area contributed by atoms with Crippen molar-refractivity contribution in [2.24, 2.45) is 0 Å². The quantitative estimate of drug-likeness (QED) is 0.823. The van der Waals surface area contributed by atoms with Crippen LogP contribution < -0.4 is 10.1 Å². The lowest BCUT2D eigenvalue weighted by molar-refractivity contribution is -0.145. The van der Waals surface area contributed by atoms with Crippen LogP contribution in [0, 0.1) is 0 Å². The highest BCUT2D eigenvalue weighted by molar-refractivity contribution is 5.97. The number of hydrogen-bond donors (Lipinski definition) is 1. The first-order chi connectivity index (χ1) is 10.7. The lowest BCUT2D eigenvalue weighted by Crippen LogP contribution is -2.47. The monoisotopic (exact) mass is 305 g/mol. The highest BCUT2D eigenvalue weighted by Crippen LogP contribution is 2.33. The summed E-state index contributed by atoms with van der Waals surface area (Å²) in [7, 11) is 0. The van der Waals surface area contributed by atoms with Crippen molar-refractivity contribution < 1.29 is 14.3 Å². The Kier molecular flexibility index (Phi) is 6.25. The normalized spacial score (nSPS) is 17.0. The van der Waals surface area contributed by atoms with Crippen molar-refractivity contribution in [2.75, 3.05) is 18.5 Å². The molecule has 4 heteroatoms. The zero-order valence-electron chi connectivity index (χ0n) is 13.7. The Morgan fingerprint density at radius 1 is 1.14 bits per heavy atom. The molecule has 122 valence electrons. The second-order valence-corrected chi connectivity index (χ2v) is 5.81. The number of ether oxygens (including phenoxy) is 2. The molecule has 1 aromatic rings. The lowest BCUT2D eigenvalue weighted by Gasteiger charge is -2.35. The molecule has 1 aliphatic rings. The minimum Gasteiger partial charge on any atom is -0.494 e. The smallest absolute Gasteiger partial charge is 0.256 e. The van der Waals surface area contributed by atoms with Crippen molar-refractivity contribution in [2.45, 2.75) is 58.0 Å². The van der Waals surface area contributed by atoms with Gasteiger partial charge in [0.2, 0.25) is 0 Å². The Balaban J connectivity index is 2.00. The highest BCUT2D eigenvalue weighted by atomic mass is 16.5. The van der Waals surface area contributed by atoms with Gasteiger partial charge in [0.15, 0.2) is 0 Å². The summed E-state index contributed by atoms with van der Waals surface area (Å²) < 4.78 is 11.4. The summed E-state index contributed by atoms with van der Waals surface area (Å²) in [5, 5.41) is 3.00. The minimum absolute atomic E-state index is 0.0173. The van der Waals surface area contributed by atoms with Gasteiger partial charge in [-0.2, -0.15) is 0 Å². The molecule has 0 aliphatic heterocycles. The molecule has 1 saturated carbocycles. The second-order valence-electron chi connectivity index (χ2n) is 5.81. The predicted octanol–water partition coefficient (Wildman–Crippen LogP) is 4.15. The van der Waals surface area contributed by atoms with E-state index in [4.69, 9.17) is 9.47 Å². The maximum atomic E-state index is 12.7. The van der Waals surface area contributed by atoms with E-state index in [1.165, 1.54) is 6.42 Å². The SMILES string of the molecule is CCCOc1ccc(NC(=O)C2(OCC)CCCCC2)cc1. The van der Waals surface area contributed by atoms with Crippen molar-refractivity contribution in [1.82, 2.24) is 0 Å². The summed E-state index contributed by atoms with van der Waals surface area (Å²) in [6.07, 6.45) is 5.89.